The summed E-state index contributed by atoms with van der Waals surface area (Å²) >= 11 is 5.87. The molecule has 16 heavy (non-hydrogen) atoms. The van der Waals surface area contributed by atoms with Gasteiger partial charge in [-0.25, -0.2) is 0 Å². The molecule has 4 nitrogen and oxygen atoms in total. The monoisotopic (exact) mass is 243 g/mol. The van der Waals surface area contributed by atoms with Gasteiger partial charge in [0.1, 0.15) is 11.6 Å². The van der Waals surface area contributed by atoms with E-state index in [4.69, 9.17) is 16.3 Å². The average Bonchev–Trinajstić information content (AvgIpc) is 3.01. The van der Waals surface area contributed by atoms with Crippen molar-refractivity contribution in [2.45, 2.75) is 38.1 Å². The van der Waals surface area contributed by atoms with Gasteiger partial charge >= 0.3 is 0 Å². The zero-order valence-electron chi connectivity index (χ0n) is 9.82. The van der Waals surface area contributed by atoms with E-state index in [1.807, 2.05) is 0 Å². The van der Waals surface area contributed by atoms with Crippen molar-refractivity contribution in [1.29, 1.82) is 0 Å². The van der Waals surface area contributed by atoms with Gasteiger partial charge in [0.2, 0.25) is 0 Å². The third-order valence-electron chi connectivity index (χ3n) is 2.85. The van der Waals surface area contributed by atoms with Gasteiger partial charge in [-0.15, -0.1) is 21.8 Å². The number of methoxy groups -OCH3 is 1. The smallest absolute Gasteiger partial charge is 0.148 e. The Balaban J connectivity index is 2.10. The molecule has 1 aliphatic carbocycles. The van der Waals surface area contributed by atoms with Crippen molar-refractivity contribution in [2.75, 3.05) is 13.7 Å². The summed E-state index contributed by atoms with van der Waals surface area (Å²) in [6.45, 7) is 2.92. The van der Waals surface area contributed by atoms with Crippen LogP contribution < -0.4 is 0 Å². The van der Waals surface area contributed by atoms with Crippen LogP contribution in [-0.4, -0.2) is 28.5 Å². The lowest BCUT2D eigenvalue weighted by Gasteiger charge is -2.11. The molecule has 1 saturated carbocycles. The molecule has 0 radical (unpaired) electrons. The first-order chi connectivity index (χ1) is 7.76. The number of hydrogen-bond acceptors (Lipinski definition) is 3. The maximum absolute atomic E-state index is 5.87. The molecule has 0 saturated heterocycles. The second-order valence-electron chi connectivity index (χ2n) is 4.53. The topological polar surface area (TPSA) is 39.9 Å². The van der Waals surface area contributed by atoms with E-state index in [0.717, 1.165) is 24.7 Å². The number of hydrogen-bond donors (Lipinski definition) is 0. The highest BCUT2D eigenvalue weighted by Gasteiger charge is 2.29. The molecular weight excluding hydrogens is 226 g/mol. The van der Waals surface area contributed by atoms with Gasteiger partial charge in [-0.3, -0.25) is 0 Å². The fraction of sp³-hybridized carbons (Fsp3) is 0.818. The van der Waals surface area contributed by atoms with Crippen LogP contribution in [0, 0.1) is 5.92 Å². The number of nitrogens with zero attached hydrogens (tertiary/aromatic N) is 3. The fourth-order valence-corrected chi connectivity index (χ4v) is 2.18. The molecular formula is C11H18ClN3O. The third kappa shape index (κ3) is 2.55. The Morgan fingerprint density at radius 2 is 2.12 bits per heavy atom. The van der Waals surface area contributed by atoms with Crippen LogP contribution in [-0.2, 0) is 17.0 Å². The first kappa shape index (κ1) is 11.9. The van der Waals surface area contributed by atoms with Crippen molar-refractivity contribution >= 4 is 11.6 Å². The molecule has 1 aromatic rings. The van der Waals surface area contributed by atoms with Gasteiger partial charge in [-0.05, 0) is 18.8 Å². The van der Waals surface area contributed by atoms with Crippen LogP contribution in [0.3, 0.4) is 0 Å². The van der Waals surface area contributed by atoms with E-state index in [-0.39, 0.29) is 0 Å². The standard InChI is InChI=1S/C11H18ClN3O/c1-8(7-16-2)5-10-13-14-11(6-12)15(10)9-3-4-9/h8-9H,3-7H2,1-2H3. The Bertz CT molecular complexity index is 349. The van der Waals surface area contributed by atoms with E-state index in [2.05, 4.69) is 21.7 Å². The Morgan fingerprint density at radius 1 is 1.44 bits per heavy atom. The second kappa shape index (κ2) is 5.15. The maximum Gasteiger partial charge on any atom is 0.148 e. The number of halogens is 1. The molecule has 0 amide bonds. The Hall–Kier alpha value is -0.610. The molecule has 1 aromatic heterocycles. The average molecular weight is 244 g/mol. The molecule has 1 fully saturated rings. The van der Waals surface area contributed by atoms with Crippen LogP contribution in [0.25, 0.3) is 0 Å². The molecule has 0 aliphatic heterocycles. The van der Waals surface area contributed by atoms with Crippen LogP contribution in [0.4, 0.5) is 0 Å². The molecule has 1 heterocycles. The minimum absolute atomic E-state index is 0.447. The highest BCUT2D eigenvalue weighted by atomic mass is 35.5. The van der Waals surface area contributed by atoms with Crippen LogP contribution in [0.5, 0.6) is 0 Å². The molecule has 0 spiro atoms. The van der Waals surface area contributed by atoms with Gasteiger partial charge in [0.05, 0.1) is 5.88 Å². The normalized spacial score (nSPS) is 17.7. The summed E-state index contributed by atoms with van der Waals surface area (Å²) in [4.78, 5) is 0. The summed E-state index contributed by atoms with van der Waals surface area (Å²) in [5.41, 5.74) is 0. The summed E-state index contributed by atoms with van der Waals surface area (Å²) in [5, 5.41) is 8.39. The van der Waals surface area contributed by atoms with Crippen molar-refractivity contribution in [3.05, 3.63) is 11.6 Å². The van der Waals surface area contributed by atoms with E-state index in [1.54, 1.807) is 7.11 Å². The summed E-state index contributed by atoms with van der Waals surface area (Å²) < 4.78 is 7.36. The van der Waals surface area contributed by atoms with Gasteiger partial charge in [0, 0.05) is 26.2 Å². The van der Waals surface area contributed by atoms with Crippen LogP contribution in [0.1, 0.15) is 37.5 Å². The predicted molar refractivity (Wildman–Crippen MR) is 62.6 cm³/mol. The van der Waals surface area contributed by atoms with E-state index < -0.39 is 0 Å². The van der Waals surface area contributed by atoms with Crippen molar-refractivity contribution in [3.8, 4) is 0 Å². The van der Waals surface area contributed by atoms with E-state index >= 15 is 0 Å². The first-order valence-corrected chi connectivity index (χ1v) is 6.27. The van der Waals surface area contributed by atoms with Gasteiger partial charge in [0.15, 0.2) is 0 Å². The van der Waals surface area contributed by atoms with Crippen LogP contribution in [0.2, 0.25) is 0 Å². The summed E-state index contributed by atoms with van der Waals surface area (Å²) in [6, 6.07) is 0.591. The first-order valence-electron chi connectivity index (χ1n) is 5.73. The highest BCUT2D eigenvalue weighted by molar-refractivity contribution is 6.16. The Kier molecular flexibility index (Phi) is 3.82. The molecule has 1 unspecified atom stereocenters. The Morgan fingerprint density at radius 3 is 2.69 bits per heavy atom. The zero-order valence-corrected chi connectivity index (χ0v) is 10.6. The number of alkyl halides is 1. The lowest BCUT2D eigenvalue weighted by atomic mass is 10.1. The summed E-state index contributed by atoms with van der Waals surface area (Å²) in [5.74, 6) is 2.88. The lowest BCUT2D eigenvalue weighted by molar-refractivity contribution is 0.158. The third-order valence-corrected chi connectivity index (χ3v) is 3.09. The molecule has 5 heteroatoms. The van der Waals surface area contributed by atoms with Gasteiger partial charge < -0.3 is 9.30 Å². The molecule has 0 bridgehead atoms. The van der Waals surface area contributed by atoms with Gasteiger partial charge in [-0.1, -0.05) is 6.92 Å². The minimum atomic E-state index is 0.447. The molecule has 1 aliphatic rings. The fourth-order valence-electron chi connectivity index (χ4n) is 2.00. The summed E-state index contributed by atoms with van der Waals surface area (Å²) in [6.07, 6.45) is 3.37. The summed E-state index contributed by atoms with van der Waals surface area (Å²) in [7, 11) is 1.73. The van der Waals surface area contributed by atoms with Crippen LogP contribution in [0.15, 0.2) is 0 Å². The minimum Gasteiger partial charge on any atom is -0.384 e. The molecule has 0 aromatic carbocycles. The van der Waals surface area contributed by atoms with Gasteiger partial charge in [0.25, 0.3) is 0 Å². The van der Waals surface area contributed by atoms with Gasteiger partial charge in [-0.2, -0.15) is 0 Å². The maximum atomic E-state index is 5.87. The van der Waals surface area contributed by atoms with E-state index in [9.17, 15) is 0 Å². The number of aromatic nitrogens is 3. The lowest BCUT2D eigenvalue weighted by Crippen LogP contribution is -2.12. The van der Waals surface area contributed by atoms with E-state index in [0.29, 0.717) is 17.8 Å². The molecule has 2 rings (SSSR count). The molecule has 1 atom stereocenters. The quantitative estimate of drug-likeness (QED) is 0.719. The van der Waals surface area contributed by atoms with Crippen molar-refractivity contribution in [3.63, 3.8) is 0 Å². The van der Waals surface area contributed by atoms with E-state index in [1.165, 1.54) is 12.8 Å². The number of rotatable bonds is 6. The predicted octanol–water partition coefficient (Wildman–Crippen LogP) is 2.18. The number of ether oxygens (including phenoxy) is 1. The zero-order chi connectivity index (χ0) is 11.5. The Labute approximate surface area is 101 Å². The van der Waals surface area contributed by atoms with Crippen molar-refractivity contribution < 1.29 is 4.74 Å². The SMILES string of the molecule is COCC(C)Cc1nnc(CCl)n1C1CC1. The highest BCUT2D eigenvalue weighted by Crippen LogP contribution is 2.37. The van der Waals surface area contributed by atoms with Crippen LogP contribution >= 0.6 is 11.6 Å². The van der Waals surface area contributed by atoms with Crippen molar-refractivity contribution in [1.82, 2.24) is 14.8 Å². The molecule has 90 valence electrons. The largest absolute Gasteiger partial charge is 0.384 e. The molecule has 0 N–H and O–H groups in total. The second-order valence-corrected chi connectivity index (χ2v) is 4.80. The van der Waals surface area contributed by atoms with Crippen molar-refractivity contribution in [2.24, 2.45) is 5.92 Å².